The van der Waals surface area contributed by atoms with Gasteiger partial charge in [0.2, 0.25) is 0 Å². The van der Waals surface area contributed by atoms with E-state index in [2.05, 4.69) is 20.8 Å². The molecule has 0 rings (SSSR count). The van der Waals surface area contributed by atoms with Gasteiger partial charge in [-0.25, -0.2) is 0 Å². The van der Waals surface area contributed by atoms with Gasteiger partial charge in [-0.1, -0.05) is 20.3 Å². The second kappa shape index (κ2) is 6.62. The highest BCUT2D eigenvalue weighted by Crippen LogP contribution is 2.03. The summed E-state index contributed by atoms with van der Waals surface area (Å²) in [6.45, 7) is 7.92. The van der Waals surface area contributed by atoms with E-state index in [9.17, 15) is 0 Å². The maximum absolute atomic E-state index is 5.56. The van der Waals surface area contributed by atoms with E-state index in [1.807, 2.05) is 0 Å². The lowest BCUT2D eigenvalue weighted by atomic mass is 10.2. The van der Waals surface area contributed by atoms with Crippen LogP contribution in [-0.2, 0) is 4.74 Å². The molecule has 0 amide bonds. The van der Waals surface area contributed by atoms with Crippen molar-refractivity contribution >= 4 is 0 Å². The van der Waals surface area contributed by atoms with Crippen LogP contribution in [0.15, 0.2) is 0 Å². The van der Waals surface area contributed by atoms with Gasteiger partial charge in [-0.15, -0.1) is 0 Å². The zero-order valence-electron chi connectivity index (χ0n) is 7.97. The van der Waals surface area contributed by atoms with Gasteiger partial charge in [0.25, 0.3) is 0 Å². The van der Waals surface area contributed by atoms with E-state index in [4.69, 9.17) is 10.5 Å². The van der Waals surface area contributed by atoms with E-state index in [-0.39, 0.29) is 0 Å². The van der Waals surface area contributed by atoms with Gasteiger partial charge in [-0.2, -0.15) is 0 Å². The molecule has 0 saturated carbocycles. The van der Waals surface area contributed by atoms with Crippen LogP contribution in [0.2, 0.25) is 0 Å². The zero-order valence-corrected chi connectivity index (χ0v) is 7.97. The molecule has 0 aliphatic heterocycles. The summed E-state index contributed by atoms with van der Waals surface area (Å²) in [7, 11) is 0. The fourth-order valence-electron chi connectivity index (χ4n) is 0.886. The Balaban J connectivity index is 3.22. The van der Waals surface area contributed by atoms with Gasteiger partial charge >= 0.3 is 0 Å². The number of hydrogen-bond donors (Lipinski definition) is 1. The molecule has 0 bridgehead atoms. The van der Waals surface area contributed by atoms with Gasteiger partial charge in [0.1, 0.15) is 0 Å². The molecule has 0 aromatic heterocycles. The third-order valence-corrected chi connectivity index (χ3v) is 1.76. The molecule has 0 radical (unpaired) electrons. The van der Waals surface area contributed by atoms with Crippen molar-refractivity contribution in [1.82, 2.24) is 0 Å². The molecule has 68 valence electrons. The first kappa shape index (κ1) is 10.9. The number of rotatable bonds is 6. The second-order valence-corrected chi connectivity index (χ2v) is 3.27. The van der Waals surface area contributed by atoms with Crippen LogP contribution in [0.5, 0.6) is 0 Å². The standard InChI is InChI=1S/C9H21NO/c1-4-5-9(3)11-7-8(2)6-10/h8-9H,4-7,10H2,1-3H3. The Labute approximate surface area is 70.1 Å². The first-order chi connectivity index (χ1) is 5.20. The molecule has 0 aromatic carbocycles. The van der Waals surface area contributed by atoms with Crippen LogP contribution in [0.25, 0.3) is 0 Å². The van der Waals surface area contributed by atoms with Crippen molar-refractivity contribution in [2.24, 2.45) is 11.7 Å². The van der Waals surface area contributed by atoms with Gasteiger partial charge in [0.15, 0.2) is 0 Å². The highest BCUT2D eigenvalue weighted by atomic mass is 16.5. The number of ether oxygens (including phenoxy) is 1. The molecule has 0 aromatic rings. The number of hydrogen-bond acceptors (Lipinski definition) is 2. The van der Waals surface area contributed by atoms with E-state index < -0.39 is 0 Å². The molecule has 2 unspecified atom stereocenters. The highest BCUT2D eigenvalue weighted by molar-refractivity contribution is 4.53. The first-order valence-corrected chi connectivity index (χ1v) is 4.52. The minimum atomic E-state index is 0.397. The maximum Gasteiger partial charge on any atom is 0.0547 e. The molecule has 2 N–H and O–H groups in total. The van der Waals surface area contributed by atoms with Gasteiger partial charge in [0, 0.05) is 0 Å². The largest absolute Gasteiger partial charge is 0.378 e. The zero-order chi connectivity index (χ0) is 8.69. The summed E-state index contributed by atoms with van der Waals surface area (Å²) in [6.07, 6.45) is 2.74. The van der Waals surface area contributed by atoms with Gasteiger partial charge in [0.05, 0.1) is 12.7 Å². The van der Waals surface area contributed by atoms with Crippen molar-refractivity contribution in [3.05, 3.63) is 0 Å². The van der Waals surface area contributed by atoms with Gasteiger partial charge < -0.3 is 10.5 Å². The molecule has 2 atom stereocenters. The Hall–Kier alpha value is -0.0800. The molecule has 0 aliphatic carbocycles. The van der Waals surface area contributed by atoms with Gasteiger partial charge in [-0.3, -0.25) is 0 Å². The lowest BCUT2D eigenvalue weighted by molar-refractivity contribution is 0.0403. The average Bonchev–Trinajstić information content (AvgIpc) is 2.01. The van der Waals surface area contributed by atoms with E-state index in [1.165, 1.54) is 6.42 Å². The minimum Gasteiger partial charge on any atom is -0.378 e. The van der Waals surface area contributed by atoms with E-state index in [0.29, 0.717) is 12.0 Å². The molecular formula is C9H21NO. The van der Waals surface area contributed by atoms with Crippen molar-refractivity contribution in [3.8, 4) is 0 Å². The average molecular weight is 159 g/mol. The Morgan fingerprint density at radius 3 is 2.45 bits per heavy atom. The Bertz CT molecular complexity index is 85.6. The van der Waals surface area contributed by atoms with E-state index >= 15 is 0 Å². The SMILES string of the molecule is CCCC(C)OCC(C)CN. The van der Waals surface area contributed by atoms with Crippen LogP contribution in [0.1, 0.15) is 33.6 Å². The van der Waals surface area contributed by atoms with Crippen molar-refractivity contribution in [2.75, 3.05) is 13.2 Å². The third-order valence-electron chi connectivity index (χ3n) is 1.76. The summed E-state index contributed by atoms with van der Waals surface area (Å²) >= 11 is 0. The lowest BCUT2D eigenvalue weighted by Gasteiger charge is -2.14. The van der Waals surface area contributed by atoms with Crippen molar-refractivity contribution in [1.29, 1.82) is 0 Å². The molecule has 0 fully saturated rings. The summed E-state index contributed by atoms with van der Waals surface area (Å²) in [5.41, 5.74) is 5.45. The predicted octanol–water partition coefficient (Wildman–Crippen LogP) is 1.79. The summed E-state index contributed by atoms with van der Waals surface area (Å²) in [5.74, 6) is 0.495. The van der Waals surface area contributed by atoms with Crippen LogP contribution in [-0.4, -0.2) is 19.3 Å². The van der Waals surface area contributed by atoms with Crippen LogP contribution in [0, 0.1) is 5.92 Å². The fraction of sp³-hybridized carbons (Fsp3) is 1.00. The first-order valence-electron chi connectivity index (χ1n) is 4.52. The minimum absolute atomic E-state index is 0.397. The number of nitrogens with two attached hydrogens (primary N) is 1. The summed E-state index contributed by atoms with van der Waals surface area (Å²) in [6, 6.07) is 0. The molecule has 0 saturated heterocycles. The van der Waals surface area contributed by atoms with Crippen molar-refractivity contribution in [2.45, 2.75) is 39.7 Å². The molecular weight excluding hydrogens is 138 g/mol. The Kier molecular flexibility index (Phi) is 6.57. The highest BCUT2D eigenvalue weighted by Gasteiger charge is 2.03. The lowest BCUT2D eigenvalue weighted by Crippen LogP contribution is -2.20. The predicted molar refractivity (Wildman–Crippen MR) is 48.5 cm³/mol. The van der Waals surface area contributed by atoms with Crippen molar-refractivity contribution in [3.63, 3.8) is 0 Å². The summed E-state index contributed by atoms with van der Waals surface area (Å²) in [4.78, 5) is 0. The smallest absolute Gasteiger partial charge is 0.0547 e. The maximum atomic E-state index is 5.56. The second-order valence-electron chi connectivity index (χ2n) is 3.27. The molecule has 0 heterocycles. The topological polar surface area (TPSA) is 35.2 Å². The van der Waals surface area contributed by atoms with Crippen molar-refractivity contribution < 1.29 is 4.74 Å². The molecule has 11 heavy (non-hydrogen) atoms. The molecule has 0 aliphatic rings. The van der Waals surface area contributed by atoms with Crippen LogP contribution in [0.4, 0.5) is 0 Å². The third kappa shape index (κ3) is 6.32. The van der Waals surface area contributed by atoms with Crippen LogP contribution in [0.3, 0.4) is 0 Å². The van der Waals surface area contributed by atoms with Gasteiger partial charge in [-0.05, 0) is 25.8 Å². The molecule has 2 nitrogen and oxygen atoms in total. The van der Waals surface area contributed by atoms with E-state index in [0.717, 1.165) is 19.6 Å². The Morgan fingerprint density at radius 1 is 1.36 bits per heavy atom. The monoisotopic (exact) mass is 159 g/mol. The molecule has 2 heteroatoms. The Morgan fingerprint density at radius 2 is 2.00 bits per heavy atom. The quantitative estimate of drug-likeness (QED) is 0.641. The van der Waals surface area contributed by atoms with Crippen LogP contribution < -0.4 is 5.73 Å². The van der Waals surface area contributed by atoms with Crippen LogP contribution >= 0.6 is 0 Å². The normalized spacial score (nSPS) is 16.4. The van der Waals surface area contributed by atoms with E-state index in [1.54, 1.807) is 0 Å². The summed E-state index contributed by atoms with van der Waals surface area (Å²) < 4.78 is 5.56. The molecule has 0 spiro atoms. The fourth-order valence-corrected chi connectivity index (χ4v) is 0.886. The summed E-state index contributed by atoms with van der Waals surface area (Å²) in [5, 5.41) is 0.